The number of hydrogen-bond donors (Lipinski definition) is 4. The van der Waals surface area contributed by atoms with Crippen molar-refractivity contribution in [3.63, 3.8) is 0 Å². The van der Waals surface area contributed by atoms with E-state index in [0.29, 0.717) is 23.4 Å². The van der Waals surface area contributed by atoms with Gasteiger partial charge in [-0.25, -0.2) is 0 Å². The fourth-order valence-corrected chi connectivity index (χ4v) is 5.15. The molecule has 9 heteroatoms. The minimum atomic E-state index is -0.516. The van der Waals surface area contributed by atoms with Gasteiger partial charge in [-0.15, -0.1) is 11.8 Å². The molecular formula is C32H28N4O4S. The van der Waals surface area contributed by atoms with Gasteiger partial charge in [0.05, 0.1) is 11.5 Å². The van der Waals surface area contributed by atoms with Gasteiger partial charge in [0.15, 0.2) is 0 Å². The number of aromatic amines is 1. The molecule has 0 fully saturated rings. The Kier molecular flexibility index (Phi) is 8.66. The number of rotatable bonds is 10. The van der Waals surface area contributed by atoms with E-state index in [1.807, 2.05) is 49.5 Å². The van der Waals surface area contributed by atoms with Crippen LogP contribution < -0.4 is 16.0 Å². The van der Waals surface area contributed by atoms with Crippen molar-refractivity contribution >= 4 is 57.8 Å². The quantitative estimate of drug-likeness (QED) is 0.112. The van der Waals surface area contributed by atoms with Gasteiger partial charge in [-0.3, -0.25) is 14.4 Å². The van der Waals surface area contributed by atoms with Crippen molar-refractivity contribution in [3.8, 4) is 0 Å². The van der Waals surface area contributed by atoms with Gasteiger partial charge >= 0.3 is 0 Å². The number of aromatic nitrogens is 1. The van der Waals surface area contributed by atoms with Gasteiger partial charge in [0.1, 0.15) is 11.5 Å². The van der Waals surface area contributed by atoms with Crippen LogP contribution in [0.25, 0.3) is 17.0 Å². The first-order chi connectivity index (χ1) is 20.0. The molecule has 3 aromatic carbocycles. The van der Waals surface area contributed by atoms with Crippen molar-refractivity contribution in [2.75, 3.05) is 10.6 Å². The number of hydrogen-bond acceptors (Lipinski definition) is 5. The van der Waals surface area contributed by atoms with Gasteiger partial charge in [0.25, 0.3) is 11.8 Å². The molecular weight excluding hydrogens is 536 g/mol. The lowest BCUT2D eigenvalue weighted by atomic mass is 10.2. The van der Waals surface area contributed by atoms with Crippen molar-refractivity contribution in [3.05, 3.63) is 120 Å². The zero-order valence-electron chi connectivity index (χ0n) is 22.2. The fraction of sp³-hybridized carbons (Fsp3) is 0.0938. The van der Waals surface area contributed by atoms with Crippen molar-refractivity contribution in [2.24, 2.45) is 0 Å². The number of carbonyl (C=O) groups is 3. The highest BCUT2D eigenvalue weighted by Crippen LogP contribution is 2.29. The normalized spacial score (nSPS) is 12.1. The van der Waals surface area contributed by atoms with E-state index in [2.05, 4.69) is 20.9 Å². The molecule has 0 spiro atoms. The van der Waals surface area contributed by atoms with Gasteiger partial charge in [-0.05, 0) is 72.5 Å². The molecule has 1 atom stereocenters. The van der Waals surface area contributed by atoms with Crippen LogP contribution in [0.5, 0.6) is 0 Å². The summed E-state index contributed by atoms with van der Waals surface area (Å²) in [5, 5.41) is 9.26. The Hall–Kier alpha value is -5.02. The summed E-state index contributed by atoms with van der Waals surface area (Å²) in [4.78, 5) is 43.1. The first-order valence-electron chi connectivity index (χ1n) is 13.1. The number of benzene rings is 3. The maximum Gasteiger partial charge on any atom is 0.272 e. The summed E-state index contributed by atoms with van der Waals surface area (Å²) in [6.07, 6.45) is 5.43. The molecule has 3 amide bonds. The van der Waals surface area contributed by atoms with E-state index in [0.717, 1.165) is 21.5 Å². The second-order valence-corrected chi connectivity index (χ2v) is 10.4. The van der Waals surface area contributed by atoms with Crippen LogP contribution in [0.2, 0.25) is 0 Å². The minimum Gasteiger partial charge on any atom is -0.465 e. The van der Waals surface area contributed by atoms with Gasteiger partial charge in [-0.1, -0.05) is 37.3 Å². The molecule has 206 valence electrons. The number of furan rings is 1. The number of anilines is 2. The highest BCUT2D eigenvalue weighted by Gasteiger charge is 2.20. The summed E-state index contributed by atoms with van der Waals surface area (Å²) in [5.74, 6) is -0.627. The number of nitrogens with one attached hydrogen (secondary N) is 4. The monoisotopic (exact) mass is 564 g/mol. The molecule has 0 radical (unpaired) electrons. The van der Waals surface area contributed by atoms with Gasteiger partial charge in [0, 0.05) is 39.6 Å². The first-order valence-corrected chi connectivity index (χ1v) is 13.9. The smallest absolute Gasteiger partial charge is 0.272 e. The third-order valence-electron chi connectivity index (χ3n) is 6.21. The Morgan fingerprint density at radius 3 is 2.51 bits per heavy atom. The van der Waals surface area contributed by atoms with E-state index in [-0.39, 0.29) is 16.9 Å². The van der Waals surface area contributed by atoms with E-state index in [9.17, 15) is 14.4 Å². The lowest BCUT2D eigenvalue weighted by Crippen LogP contribution is -2.30. The first kappa shape index (κ1) is 27.5. The summed E-state index contributed by atoms with van der Waals surface area (Å²) in [6.45, 7) is 1.96. The zero-order chi connectivity index (χ0) is 28.6. The van der Waals surface area contributed by atoms with Crippen LogP contribution in [0.3, 0.4) is 0 Å². The maximum absolute atomic E-state index is 13.3. The molecule has 41 heavy (non-hydrogen) atoms. The van der Waals surface area contributed by atoms with E-state index in [4.69, 9.17) is 4.42 Å². The predicted octanol–water partition coefficient (Wildman–Crippen LogP) is 6.68. The molecule has 0 aliphatic heterocycles. The van der Waals surface area contributed by atoms with E-state index < -0.39 is 11.8 Å². The topological polar surface area (TPSA) is 116 Å². The lowest BCUT2D eigenvalue weighted by Gasteiger charge is -2.16. The Morgan fingerprint density at radius 1 is 0.902 bits per heavy atom. The molecule has 1 unspecified atom stereocenters. The van der Waals surface area contributed by atoms with Crippen LogP contribution in [0.1, 0.15) is 29.5 Å². The standard InChI is InChI=1S/C32H28N4O4S/c1-2-29(32(39)35-24-14-13-21-15-16-33-27(21)19-24)41-26-12-6-10-23(18-26)34-31(38)28(20-25-11-7-17-40-25)36-30(37)22-8-4-3-5-9-22/h3-20,29,33H,2H2,1H3,(H,34,38)(H,35,39)(H,36,37)/b28-20-. The number of thioether (sulfide) groups is 1. The van der Waals surface area contributed by atoms with Crippen LogP contribution in [0.4, 0.5) is 11.4 Å². The average Bonchev–Trinajstić information content (AvgIpc) is 3.68. The van der Waals surface area contributed by atoms with Crippen LogP contribution in [0, 0.1) is 0 Å². The van der Waals surface area contributed by atoms with E-state index in [1.165, 1.54) is 24.1 Å². The lowest BCUT2D eigenvalue weighted by molar-refractivity contribution is -0.116. The van der Waals surface area contributed by atoms with Crippen LogP contribution >= 0.6 is 11.8 Å². The fourth-order valence-electron chi connectivity index (χ4n) is 4.14. The Morgan fingerprint density at radius 2 is 1.73 bits per heavy atom. The molecule has 0 saturated carbocycles. The molecule has 2 heterocycles. The third kappa shape index (κ3) is 7.14. The van der Waals surface area contributed by atoms with Gasteiger partial charge in [0.2, 0.25) is 5.91 Å². The second-order valence-electron chi connectivity index (χ2n) is 9.16. The zero-order valence-corrected chi connectivity index (χ0v) is 23.0. The number of fused-ring (bicyclic) bond motifs is 1. The summed E-state index contributed by atoms with van der Waals surface area (Å²) in [5.41, 5.74) is 2.63. The molecule has 0 aliphatic rings. The third-order valence-corrected chi connectivity index (χ3v) is 7.57. The Labute approximate surface area is 241 Å². The van der Waals surface area contributed by atoms with Gasteiger partial charge in [-0.2, -0.15) is 0 Å². The summed E-state index contributed by atoms with van der Waals surface area (Å²) >= 11 is 1.41. The molecule has 0 aliphatic carbocycles. The van der Waals surface area contributed by atoms with Crippen LogP contribution in [-0.2, 0) is 9.59 Å². The minimum absolute atomic E-state index is 0.0247. The SMILES string of the molecule is CCC(Sc1cccc(NC(=O)/C(=C/c2ccco2)NC(=O)c2ccccc2)c1)C(=O)Nc1ccc2cc[nH]c2c1. The van der Waals surface area contributed by atoms with E-state index >= 15 is 0 Å². The molecule has 2 aromatic heterocycles. The van der Waals surface area contributed by atoms with Crippen molar-refractivity contribution in [1.82, 2.24) is 10.3 Å². The molecule has 4 N–H and O–H groups in total. The Bertz CT molecular complexity index is 1690. The van der Waals surface area contributed by atoms with Crippen molar-refractivity contribution in [1.29, 1.82) is 0 Å². The second kappa shape index (κ2) is 12.9. The summed E-state index contributed by atoms with van der Waals surface area (Å²) in [7, 11) is 0. The number of amides is 3. The largest absolute Gasteiger partial charge is 0.465 e. The highest BCUT2D eigenvalue weighted by molar-refractivity contribution is 8.00. The van der Waals surface area contributed by atoms with Crippen LogP contribution in [0.15, 0.2) is 118 Å². The van der Waals surface area contributed by atoms with Crippen molar-refractivity contribution < 1.29 is 18.8 Å². The number of H-pyrrole nitrogens is 1. The highest BCUT2D eigenvalue weighted by atomic mass is 32.2. The molecule has 5 aromatic rings. The molecule has 5 rings (SSSR count). The molecule has 0 saturated heterocycles. The van der Waals surface area contributed by atoms with Crippen molar-refractivity contribution in [2.45, 2.75) is 23.5 Å². The number of carbonyl (C=O) groups excluding carboxylic acids is 3. The summed E-state index contributed by atoms with van der Waals surface area (Å²) in [6, 6.07) is 27.0. The van der Waals surface area contributed by atoms with Crippen LogP contribution in [-0.4, -0.2) is 28.0 Å². The van der Waals surface area contributed by atoms with Gasteiger partial charge < -0.3 is 25.4 Å². The molecule has 8 nitrogen and oxygen atoms in total. The Balaban J connectivity index is 1.27. The average molecular weight is 565 g/mol. The molecule has 0 bridgehead atoms. The summed E-state index contributed by atoms with van der Waals surface area (Å²) < 4.78 is 5.36. The predicted molar refractivity (Wildman–Crippen MR) is 163 cm³/mol. The maximum atomic E-state index is 13.3. The van der Waals surface area contributed by atoms with E-state index in [1.54, 1.807) is 54.6 Å².